The van der Waals surface area contributed by atoms with E-state index in [2.05, 4.69) is 320 Å². The van der Waals surface area contributed by atoms with Gasteiger partial charge in [-0.25, -0.2) is 0 Å². The number of aromatic nitrogens is 4. The van der Waals surface area contributed by atoms with Crippen LogP contribution in [0.15, 0.2) is 304 Å². The van der Waals surface area contributed by atoms with Gasteiger partial charge in [0.1, 0.15) is 11.2 Å². The van der Waals surface area contributed by atoms with Crippen molar-refractivity contribution in [2.75, 3.05) is 0 Å². The smallest absolute Gasteiger partial charge is 0.160 e. The molecule has 14 aromatic carbocycles. The van der Waals surface area contributed by atoms with E-state index in [1.165, 1.54) is 105 Å². The Hall–Kier alpha value is -11.2. The molecule has 6 nitrogen and oxygen atoms in total. The Kier molecular flexibility index (Phi) is 11.5. The van der Waals surface area contributed by atoms with Gasteiger partial charge < -0.3 is 27.5 Å². The molecule has 0 saturated heterocycles. The van der Waals surface area contributed by atoms with E-state index in [0.717, 1.165) is 87.6 Å². The van der Waals surface area contributed by atoms with Crippen molar-refractivity contribution in [2.45, 2.75) is 0 Å². The number of nitrogens with one attached hydrogen (secondary N) is 1. The summed E-state index contributed by atoms with van der Waals surface area (Å²) >= 11 is 7.22. The quantitative estimate of drug-likeness (QED) is 0.192. The molecule has 8 aromatic heterocycles. The van der Waals surface area contributed by atoms with Crippen LogP contribution < -0.4 is 0 Å². The lowest BCUT2D eigenvalue weighted by Crippen LogP contribution is -1.96. The predicted molar refractivity (Wildman–Crippen MR) is 400 cm³/mol. The zero-order chi connectivity index (χ0) is 61.0. The Morgan fingerprint density at radius 3 is 1.27 bits per heavy atom. The fraction of sp³-hybridized carbons (Fsp3) is 0. The first-order chi connectivity index (χ1) is 46.1. The maximum atomic E-state index is 6.90. The molecule has 1 N–H and O–H groups in total. The normalized spacial score (nSPS) is 12.1. The molecule has 22 aromatic rings. The van der Waals surface area contributed by atoms with Crippen LogP contribution in [-0.4, -0.2) is 18.7 Å². The van der Waals surface area contributed by atoms with Crippen molar-refractivity contribution in [3.05, 3.63) is 296 Å². The minimum Gasteiger partial charge on any atom is -0.454 e. The lowest BCUT2D eigenvalue weighted by molar-refractivity contribution is 0.671. The van der Waals surface area contributed by atoms with Gasteiger partial charge in [0.2, 0.25) is 0 Å². The summed E-state index contributed by atoms with van der Waals surface area (Å²) in [5, 5.41) is 19.7. The van der Waals surface area contributed by atoms with Gasteiger partial charge in [0.25, 0.3) is 0 Å². The van der Waals surface area contributed by atoms with Crippen LogP contribution in [0, 0.1) is 0 Å². The third-order valence-corrected chi connectivity index (χ3v) is 21.7. The summed E-state index contributed by atoms with van der Waals surface area (Å²) < 4.78 is 27.3. The van der Waals surface area contributed by atoms with Gasteiger partial charge in [-0.1, -0.05) is 198 Å². The number of benzene rings is 14. The monoisotopic (exact) mass is 1290 g/mol. The molecule has 0 unspecified atom stereocenters. The number of thiophene rings is 2. The first-order valence-electron chi connectivity index (χ1n) is 31.3. The first kappa shape index (κ1) is 52.6. The highest BCUT2D eigenvalue weighted by Gasteiger charge is 2.29. The zero-order valence-electron chi connectivity index (χ0n) is 49.6. The molecule has 0 radical (unpaired) electrons. The molecule has 0 fully saturated rings. The Labute approximate surface area is 546 Å². The topological polar surface area (TPSA) is 56.9 Å². The van der Waals surface area contributed by atoms with Gasteiger partial charge in [-0.05, 0) is 109 Å². The Morgan fingerprint density at radius 1 is 0.280 bits per heavy atom. The van der Waals surface area contributed by atoms with E-state index in [1.54, 1.807) is 0 Å². The predicted octanol–water partition coefficient (Wildman–Crippen LogP) is 25.3. The van der Waals surface area contributed by atoms with E-state index < -0.39 is 0 Å². The lowest BCUT2D eigenvalue weighted by atomic mass is 10.0. The van der Waals surface area contributed by atoms with E-state index >= 15 is 0 Å². The van der Waals surface area contributed by atoms with Crippen molar-refractivity contribution in [1.29, 1.82) is 0 Å². The van der Waals surface area contributed by atoms with Crippen LogP contribution >= 0.6 is 38.6 Å². The molecule has 0 bridgehead atoms. The van der Waals surface area contributed by atoms with Gasteiger partial charge >= 0.3 is 0 Å². The Morgan fingerprint density at radius 2 is 0.688 bits per heavy atom. The van der Waals surface area contributed by atoms with Crippen molar-refractivity contribution in [1.82, 2.24) is 18.7 Å². The number of H-pyrrole nitrogens is 1. The Balaban J connectivity index is 0.000000110. The maximum Gasteiger partial charge on any atom is 0.160 e. The third kappa shape index (κ3) is 7.73. The fourth-order valence-corrected chi connectivity index (χ4v) is 17.7. The maximum absolute atomic E-state index is 6.90. The SMILES string of the molecule is Brc1ccc2sc3ccccc3c2c1.c1ccc(-n2c3ccccc3c3c2c2oc4ccccc4c2c2c4ccccc4n(-c4ccc5sc6ccccc6c5c4)c23)cc1.c1ccc(-n2c3ccccc3c3c4[nH]c5ccccc5c4c4c5ccccc5oc4c32)cc1. The highest BCUT2D eigenvalue weighted by atomic mass is 79.9. The summed E-state index contributed by atoms with van der Waals surface area (Å²) in [6, 6.07) is 104. The van der Waals surface area contributed by atoms with Crippen LogP contribution in [0.5, 0.6) is 0 Å². The average molecular weight is 1290 g/mol. The van der Waals surface area contributed by atoms with Crippen LogP contribution in [-0.2, 0) is 0 Å². The zero-order valence-corrected chi connectivity index (χ0v) is 52.8. The Bertz CT molecular complexity index is 6830. The summed E-state index contributed by atoms with van der Waals surface area (Å²) in [5.41, 5.74) is 16.3. The van der Waals surface area contributed by atoms with Crippen LogP contribution in [0.1, 0.15) is 0 Å². The number of hydrogen-bond acceptors (Lipinski definition) is 4. The van der Waals surface area contributed by atoms with E-state index in [1.807, 2.05) is 28.7 Å². The molecule has 0 atom stereocenters. The number of fused-ring (bicyclic) bond motifs is 30. The molecule has 9 heteroatoms. The van der Waals surface area contributed by atoms with E-state index in [0.29, 0.717) is 0 Å². The molecular weight excluding hydrogens is 1240 g/mol. The van der Waals surface area contributed by atoms with Crippen LogP contribution in [0.3, 0.4) is 0 Å². The van der Waals surface area contributed by atoms with Crippen molar-refractivity contribution >= 4 is 210 Å². The van der Waals surface area contributed by atoms with Gasteiger partial charge in [-0.15, -0.1) is 22.7 Å². The second-order valence-electron chi connectivity index (χ2n) is 23.9. The average Bonchev–Trinajstić information content (AvgIpc) is 1.53. The van der Waals surface area contributed by atoms with Gasteiger partial charge in [-0.2, -0.15) is 0 Å². The van der Waals surface area contributed by atoms with E-state index in [-0.39, 0.29) is 0 Å². The molecule has 0 amide bonds. The van der Waals surface area contributed by atoms with Crippen molar-refractivity contribution < 1.29 is 8.83 Å². The highest BCUT2D eigenvalue weighted by molar-refractivity contribution is 9.10. The highest BCUT2D eigenvalue weighted by Crippen LogP contribution is 2.51. The standard InChI is InChI=1S/C42H24N2OS.C30H18N2O.C12H7BrS/c1-2-12-25(13-3-1)43-33-19-9-5-16-29(33)39-40-37(38-30-17-6-10-20-34(30)45-42(38)41(39)43)28-15-4-8-18-32(28)44(40)26-22-23-36-31(24-26)27-14-7-11-21-35(27)46-36;1-2-10-18(11-3-1)32-23-16-8-5-13-20(23)27-28-25(19-12-4-7-15-22(19)31-28)26-21-14-6-9-17-24(21)33-30(26)29(27)32;13-8-5-6-12-10(7-8)9-3-1-2-4-11(9)14-12/h1-24H;1-17,31H;1-7H. The van der Waals surface area contributed by atoms with Gasteiger partial charge in [0, 0.05) is 132 Å². The van der Waals surface area contributed by atoms with Gasteiger partial charge in [0.15, 0.2) is 11.2 Å². The van der Waals surface area contributed by atoms with Crippen molar-refractivity contribution in [3.8, 4) is 17.1 Å². The van der Waals surface area contributed by atoms with Crippen LogP contribution in [0.2, 0.25) is 0 Å². The second kappa shape index (κ2) is 20.4. The molecule has 8 heterocycles. The largest absolute Gasteiger partial charge is 0.454 e. The van der Waals surface area contributed by atoms with E-state index in [4.69, 9.17) is 8.83 Å². The van der Waals surface area contributed by atoms with Crippen molar-refractivity contribution in [3.63, 3.8) is 0 Å². The number of rotatable bonds is 3. The number of para-hydroxylation sites is 8. The number of halogens is 1. The number of hydrogen-bond donors (Lipinski definition) is 1. The molecule has 93 heavy (non-hydrogen) atoms. The summed E-state index contributed by atoms with van der Waals surface area (Å²) in [4.78, 5) is 3.77. The number of nitrogens with zero attached hydrogens (tertiary/aromatic N) is 3. The van der Waals surface area contributed by atoms with Crippen LogP contribution in [0.25, 0.3) is 189 Å². The first-order valence-corrected chi connectivity index (χ1v) is 33.7. The van der Waals surface area contributed by atoms with Crippen LogP contribution in [0.4, 0.5) is 0 Å². The summed E-state index contributed by atoms with van der Waals surface area (Å²) in [7, 11) is 0. The molecule has 0 aliphatic carbocycles. The van der Waals surface area contributed by atoms with Gasteiger partial charge in [0.05, 0.1) is 38.6 Å². The number of aromatic amines is 1. The summed E-state index contributed by atoms with van der Waals surface area (Å²) in [6.45, 7) is 0. The molecule has 22 rings (SSSR count). The summed E-state index contributed by atoms with van der Waals surface area (Å²) in [5.74, 6) is 0. The molecule has 0 aliphatic rings. The minimum atomic E-state index is 0.902. The summed E-state index contributed by atoms with van der Waals surface area (Å²) in [6.07, 6.45) is 0. The molecule has 0 spiro atoms. The van der Waals surface area contributed by atoms with Crippen molar-refractivity contribution in [2.24, 2.45) is 0 Å². The fourth-order valence-electron chi connectivity index (χ4n) is 15.2. The second-order valence-corrected chi connectivity index (χ2v) is 27.0. The molecular formula is C84H49BrN4O2S2. The number of furan rings is 2. The molecule has 0 aliphatic heterocycles. The molecule has 0 saturated carbocycles. The third-order valence-electron chi connectivity index (χ3n) is 18.9. The van der Waals surface area contributed by atoms with Gasteiger partial charge in [-0.3, -0.25) is 0 Å². The molecule has 436 valence electrons. The minimum absolute atomic E-state index is 0.902. The van der Waals surface area contributed by atoms with E-state index in [9.17, 15) is 0 Å². The lowest BCUT2D eigenvalue weighted by Gasteiger charge is -2.11.